The third kappa shape index (κ3) is 4.23. The van der Waals surface area contributed by atoms with Gasteiger partial charge in [0.1, 0.15) is 0 Å². The first-order valence-corrected chi connectivity index (χ1v) is 6.94. The van der Waals surface area contributed by atoms with Gasteiger partial charge in [0, 0.05) is 31.9 Å². The number of nitrogens with one attached hydrogen (secondary N) is 2. The monoisotopic (exact) mass is 256 g/mol. The van der Waals surface area contributed by atoms with Crippen molar-refractivity contribution in [1.82, 2.24) is 10.6 Å². The van der Waals surface area contributed by atoms with Crippen LogP contribution >= 0.6 is 0 Å². The molecule has 2 rings (SSSR count). The van der Waals surface area contributed by atoms with Crippen LogP contribution < -0.4 is 10.6 Å². The number of rotatable bonds is 5. The Morgan fingerprint density at radius 3 is 2.61 bits per heavy atom. The first-order chi connectivity index (χ1) is 8.75. The normalized spacial score (nSPS) is 27.1. The molecule has 0 aromatic carbocycles. The van der Waals surface area contributed by atoms with Crippen molar-refractivity contribution in [3.8, 4) is 0 Å². The van der Waals surface area contributed by atoms with Crippen LogP contribution in [0.3, 0.4) is 0 Å². The van der Waals surface area contributed by atoms with Crippen molar-refractivity contribution < 1.29 is 14.3 Å². The van der Waals surface area contributed by atoms with E-state index in [1.54, 1.807) is 0 Å². The zero-order chi connectivity index (χ0) is 12.8. The summed E-state index contributed by atoms with van der Waals surface area (Å²) in [5.74, 6) is 0.633. The van der Waals surface area contributed by atoms with E-state index in [1.165, 1.54) is 0 Å². The number of carbonyl (C=O) groups excluding carboxylic acids is 1. The fraction of sp³-hybridized carbons (Fsp3) is 0.923. The molecule has 5 heteroatoms. The smallest absolute Gasteiger partial charge is 0.234 e. The third-order valence-electron chi connectivity index (χ3n) is 3.84. The number of ether oxygens (including phenoxy) is 2. The highest BCUT2D eigenvalue weighted by molar-refractivity contribution is 5.78. The molecule has 0 aliphatic carbocycles. The van der Waals surface area contributed by atoms with Crippen LogP contribution in [0.15, 0.2) is 0 Å². The highest BCUT2D eigenvalue weighted by Gasteiger charge is 2.23. The topological polar surface area (TPSA) is 59.6 Å². The molecule has 2 saturated heterocycles. The maximum Gasteiger partial charge on any atom is 0.234 e. The van der Waals surface area contributed by atoms with Crippen molar-refractivity contribution in [1.29, 1.82) is 0 Å². The zero-order valence-electron chi connectivity index (χ0n) is 11.1. The predicted octanol–water partition coefficient (Wildman–Crippen LogP) is 0.296. The van der Waals surface area contributed by atoms with Crippen molar-refractivity contribution in [2.45, 2.75) is 38.3 Å². The van der Waals surface area contributed by atoms with Crippen LogP contribution in [0.1, 0.15) is 26.2 Å². The van der Waals surface area contributed by atoms with E-state index < -0.39 is 0 Å². The second kappa shape index (κ2) is 7.07. The molecule has 0 aromatic heterocycles. The highest BCUT2D eigenvalue weighted by atomic mass is 16.5. The van der Waals surface area contributed by atoms with E-state index in [0.29, 0.717) is 18.5 Å². The summed E-state index contributed by atoms with van der Waals surface area (Å²) in [6, 6.07) is 0.631. The molecule has 5 nitrogen and oxygen atoms in total. The summed E-state index contributed by atoms with van der Waals surface area (Å²) in [6.45, 7) is 5.71. The molecule has 2 aliphatic rings. The summed E-state index contributed by atoms with van der Waals surface area (Å²) in [6.07, 6.45) is 2.95. The van der Waals surface area contributed by atoms with Crippen LogP contribution in [-0.2, 0) is 14.3 Å². The van der Waals surface area contributed by atoms with Gasteiger partial charge in [-0.25, -0.2) is 0 Å². The second-order valence-corrected chi connectivity index (χ2v) is 5.25. The molecular formula is C13H24N2O3. The Morgan fingerprint density at radius 2 is 1.94 bits per heavy atom. The van der Waals surface area contributed by atoms with Gasteiger partial charge >= 0.3 is 0 Å². The molecule has 0 radical (unpaired) electrons. The summed E-state index contributed by atoms with van der Waals surface area (Å²) < 4.78 is 10.6. The molecule has 0 spiro atoms. The summed E-state index contributed by atoms with van der Waals surface area (Å²) in [5.41, 5.74) is 0. The molecule has 18 heavy (non-hydrogen) atoms. The van der Waals surface area contributed by atoms with Gasteiger partial charge in [0.15, 0.2) is 0 Å². The van der Waals surface area contributed by atoms with E-state index in [0.717, 1.165) is 45.7 Å². The maximum atomic E-state index is 11.8. The van der Waals surface area contributed by atoms with Crippen molar-refractivity contribution in [2.24, 2.45) is 5.92 Å². The van der Waals surface area contributed by atoms with Gasteiger partial charge in [0.2, 0.25) is 5.91 Å². The minimum Gasteiger partial charge on any atom is -0.381 e. The van der Waals surface area contributed by atoms with Crippen molar-refractivity contribution in [2.75, 3.05) is 33.0 Å². The van der Waals surface area contributed by atoms with E-state index in [1.807, 2.05) is 0 Å². The van der Waals surface area contributed by atoms with Crippen molar-refractivity contribution >= 4 is 5.91 Å². The van der Waals surface area contributed by atoms with E-state index in [2.05, 4.69) is 17.6 Å². The largest absolute Gasteiger partial charge is 0.381 e. The Balaban J connectivity index is 1.61. The average Bonchev–Trinajstić information content (AvgIpc) is 2.91. The quantitative estimate of drug-likeness (QED) is 0.742. The molecule has 104 valence electrons. The SMILES string of the molecule is CC(NCC(=O)NC1CCOCC1)C1CCOC1. The predicted molar refractivity (Wildman–Crippen MR) is 68.4 cm³/mol. The molecule has 1 amide bonds. The fourth-order valence-corrected chi connectivity index (χ4v) is 2.49. The number of hydrogen-bond donors (Lipinski definition) is 2. The fourth-order valence-electron chi connectivity index (χ4n) is 2.49. The Hall–Kier alpha value is -0.650. The number of hydrogen-bond acceptors (Lipinski definition) is 4. The van der Waals surface area contributed by atoms with Crippen LogP contribution in [0.4, 0.5) is 0 Å². The van der Waals surface area contributed by atoms with Gasteiger partial charge in [-0.2, -0.15) is 0 Å². The Labute approximate surface area is 109 Å². The van der Waals surface area contributed by atoms with Crippen LogP contribution in [0.5, 0.6) is 0 Å². The lowest BCUT2D eigenvalue weighted by atomic mass is 10.0. The molecule has 2 atom stereocenters. The van der Waals surface area contributed by atoms with Gasteiger partial charge in [0.25, 0.3) is 0 Å². The maximum absolute atomic E-state index is 11.8. The summed E-state index contributed by atoms with van der Waals surface area (Å²) in [5, 5.41) is 6.34. The van der Waals surface area contributed by atoms with Gasteiger partial charge in [0.05, 0.1) is 13.2 Å². The van der Waals surface area contributed by atoms with Gasteiger partial charge in [-0.05, 0) is 32.1 Å². The van der Waals surface area contributed by atoms with E-state index in [-0.39, 0.29) is 11.9 Å². The van der Waals surface area contributed by atoms with Crippen LogP contribution in [0.25, 0.3) is 0 Å². The van der Waals surface area contributed by atoms with E-state index in [9.17, 15) is 4.79 Å². The van der Waals surface area contributed by atoms with Gasteiger partial charge in [-0.3, -0.25) is 4.79 Å². The lowest BCUT2D eigenvalue weighted by Crippen LogP contribution is -2.46. The lowest BCUT2D eigenvalue weighted by molar-refractivity contribution is -0.121. The third-order valence-corrected chi connectivity index (χ3v) is 3.84. The lowest BCUT2D eigenvalue weighted by Gasteiger charge is -2.24. The summed E-state index contributed by atoms with van der Waals surface area (Å²) in [7, 11) is 0. The first-order valence-electron chi connectivity index (χ1n) is 6.94. The molecule has 0 bridgehead atoms. The van der Waals surface area contributed by atoms with Gasteiger partial charge < -0.3 is 20.1 Å². The molecule has 2 unspecified atom stereocenters. The average molecular weight is 256 g/mol. The van der Waals surface area contributed by atoms with Crippen molar-refractivity contribution in [3.05, 3.63) is 0 Å². The zero-order valence-corrected chi connectivity index (χ0v) is 11.1. The van der Waals surface area contributed by atoms with Gasteiger partial charge in [-0.15, -0.1) is 0 Å². The minimum atomic E-state index is 0.0904. The van der Waals surface area contributed by atoms with E-state index in [4.69, 9.17) is 9.47 Å². The van der Waals surface area contributed by atoms with Crippen LogP contribution in [0, 0.1) is 5.92 Å². The Kier molecular flexibility index (Phi) is 5.41. The van der Waals surface area contributed by atoms with Crippen LogP contribution in [0.2, 0.25) is 0 Å². The molecule has 0 saturated carbocycles. The number of carbonyl (C=O) groups is 1. The molecule has 2 heterocycles. The first kappa shape index (κ1) is 13.8. The van der Waals surface area contributed by atoms with Crippen molar-refractivity contribution in [3.63, 3.8) is 0 Å². The number of amides is 1. The molecular weight excluding hydrogens is 232 g/mol. The standard InChI is InChI=1S/C13H24N2O3/c1-10(11-2-5-18-9-11)14-8-13(16)15-12-3-6-17-7-4-12/h10-12,14H,2-9H2,1H3,(H,15,16). The Bertz CT molecular complexity index is 261. The summed E-state index contributed by atoms with van der Waals surface area (Å²) >= 11 is 0. The molecule has 0 aromatic rings. The molecule has 2 fully saturated rings. The van der Waals surface area contributed by atoms with Crippen LogP contribution in [-0.4, -0.2) is 51.0 Å². The highest BCUT2D eigenvalue weighted by Crippen LogP contribution is 2.16. The van der Waals surface area contributed by atoms with E-state index >= 15 is 0 Å². The second-order valence-electron chi connectivity index (χ2n) is 5.25. The Morgan fingerprint density at radius 1 is 1.22 bits per heavy atom. The minimum absolute atomic E-state index is 0.0904. The van der Waals surface area contributed by atoms with Gasteiger partial charge in [-0.1, -0.05) is 0 Å². The molecule has 2 aliphatic heterocycles. The summed E-state index contributed by atoms with van der Waals surface area (Å²) in [4.78, 5) is 11.8. The molecule has 2 N–H and O–H groups in total.